The van der Waals surface area contributed by atoms with Gasteiger partial charge in [0.15, 0.2) is 11.6 Å². The summed E-state index contributed by atoms with van der Waals surface area (Å²) >= 11 is 6.37. The largest absolute Gasteiger partial charge is 0.462 e. The quantitative estimate of drug-likeness (QED) is 0.199. The van der Waals surface area contributed by atoms with Crippen LogP contribution in [0.1, 0.15) is 33.1 Å². The monoisotopic (exact) mass is 663 g/mol. The Hall–Kier alpha value is -4.47. The molecule has 47 heavy (non-hydrogen) atoms. The number of likely N-dealkylation sites (tertiary alicyclic amines) is 1. The molecule has 2 fully saturated rings. The molecule has 0 radical (unpaired) electrons. The Balaban J connectivity index is 1.46. The van der Waals surface area contributed by atoms with E-state index in [4.69, 9.17) is 21.3 Å². The summed E-state index contributed by atoms with van der Waals surface area (Å²) in [6, 6.07) is 9.68. The Kier molecular flexibility index (Phi) is 9.21. The number of nitriles is 1. The van der Waals surface area contributed by atoms with Gasteiger partial charge in [0.1, 0.15) is 29.5 Å². The van der Waals surface area contributed by atoms with E-state index in [1.165, 1.54) is 17.2 Å². The molecule has 1 unspecified atom stereocenters. The number of rotatable bonds is 8. The molecule has 0 spiro atoms. The lowest BCUT2D eigenvalue weighted by Gasteiger charge is -2.41. The summed E-state index contributed by atoms with van der Waals surface area (Å²) in [5, 5.41) is 10.5. The van der Waals surface area contributed by atoms with Crippen LogP contribution in [0.15, 0.2) is 48.9 Å². The van der Waals surface area contributed by atoms with E-state index < -0.39 is 29.4 Å². The molecule has 244 valence electrons. The lowest BCUT2D eigenvalue weighted by atomic mass is 10.0. The number of amides is 1. The lowest BCUT2D eigenvalue weighted by Crippen LogP contribution is -2.55. The number of benzene rings is 2. The molecule has 2 aliphatic heterocycles. The van der Waals surface area contributed by atoms with Gasteiger partial charge in [0.05, 0.1) is 28.9 Å². The van der Waals surface area contributed by atoms with Crippen molar-refractivity contribution in [2.45, 2.75) is 51.2 Å². The molecule has 2 saturated heterocycles. The van der Waals surface area contributed by atoms with Crippen molar-refractivity contribution in [1.82, 2.24) is 24.8 Å². The van der Waals surface area contributed by atoms with Gasteiger partial charge in [-0.15, -0.1) is 0 Å². The maximum atomic E-state index is 16.7. The van der Waals surface area contributed by atoms with E-state index in [2.05, 4.69) is 41.4 Å². The SMILES string of the molecule is C=C(F)C(=O)N1CCN(c2nc(OCC3CCCN3C(C)C)nc3c(F)c(-c4cccc5ccc(F)c(Cl)c45)ncc23)C[C@@H]1CC#N. The van der Waals surface area contributed by atoms with Crippen LogP contribution in [-0.2, 0) is 4.79 Å². The van der Waals surface area contributed by atoms with E-state index in [9.17, 15) is 18.8 Å². The van der Waals surface area contributed by atoms with Gasteiger partial charge in [-0.1, -0.05) is 42.4 Å². The summed E-state index contributed by atoms with van der Waals surface area (Å²) in [5.41, 5.74) is 0.145. The predicted octanol–water partition coefficient (Wildman–Crippen LogP) is 6.44. The Morgan fingerprint density at radius 1 is 1.17 bits per heavy atom. The number of nitrogens with zero attached hydrogens (tertiary/aromatic N) is 7. The molecule has 13 heteroatoms. The second kappa shape index (κ2) is 13.3. The van der Waals surface area contributed by atoms with Crippen molar-refractivity contribution in [1.29, 1.82) is 5.26 Å². The van der Waals surface area contributed by atoms with Gasteiger partial charge in [0.25, 0.3) is 5.91 Å². The molecule has 0 bridgehead atoms. The molecule has 9 nitrogen and oxygen atoms in total. The number of pyridine rings is 1. The van der Waals surface area contributed by atoms with Crippen molar-refractivity contribution in [2.24, 2.45) is 0 Å². The Bertz CT molecular complexity index is 1920. The number of hydrogen-bond acceptors (Lipinski definition) is 8. The second-order valence-corrected chi connectivity index (χ2v) is 12.5. The first-order valence-corrected chi connectivity index (χ1v) is 15.9. The number of halogens is 4. The molecule has 2 atom stereocenters. The summed E-state index contributed by atoms with van der Waals surface area (Å²) < 4.78 is 51.2. The zero-order chi connectivity index (χ0) is 33.4. The number of anilines is 1. The van der Waals surface area contributed by atoms with Gasteiger partial charge in [-0.3, -0.25) is 14.7 Å². The Morgan fingerprint density at radius 2 is 1.98 bits per heavy atom. The first-order valence-electron chi connectivity index (χ1n) is 15.5. The fourth-order valence-electron chi connectivity index (χ4n) is 6.66. The van der Waals surface area contributed by atoms with Gasteiger partial charge < -0.3 is 14.5 Å². The minimum Gasteiger partial charge on any atom is -0.462 e. The highest BCUT2D eigenvalue weighted by Crippen LogP contribution is 2.38. The highest BCUT2D eigenvalue weighted by atomic mass is 35.5. The number of piperazine rings is 1. The van der Waals surface area contributed by atoms with Crippen LogP contribution < -0.4 is 9.64 Å². The fourth-order valence-corrected chi connectivity index (χ4v) is 6.93. The molecule has 0 N–H and O–H groups in total. The lowest BCUT2D eigenvalue weighted by molar-refractivity contribution is -0.131. The van der Waals surface area contributed by atoms with E-state index in [0.717, 1.165) is 19.4 Å². The first-order chi connectivity index (χ1) is 22.6. The number of ether oxygens (including phenoxy) is 1. The van der Waals surface area contributed by atoms with Crippen molar-refractivity contribution in [3.05, 3.63) is 65.6 Å². The average molecular weight is 664 g/mol. The standard InChI is InChI=1S/C34H33ClF3N7O2/c1-19(2)44-13-5-7-23(44)18-47-34-41-31-25(32(42-34)43-14-15-45(33(46)20(3)36)22(17-43)11-12-39)16-40-30(29(31)38)24-8-4-6-21-9-10-26(37)28(35)27(21)24/h4,6,8-10,16,19,22-23H,3,5,7,11,13-15,17-18H2,1-2H3/t22-,23?/m0/s1. The molecular formula is C34H33ClF3N7O2. The van der Waals surface area contributed by atoms with Crippen LogP contribution in [0.3, 0.4) is 0 Å². The van der Waals surface area contributed by atoms with Crippen molar-refractivity contribution in [3.8, 4) is 23.3 Å². The zero-order valence-corrected chi connectivity index (χ0v) is 26.8. The third-order valence-electron chi connectivity index (χ3n) is 8.93. The summed E-state index contributed by atoms with van der Waals surface area (Å²) in [5.74, 6) is -3.11. The average Bonchev–Trinajstić information content (AvgIpc) is 3.54. The number of carbonyl (C=O) groups is 1. The number of carbonyl (C=O) groups excluding carboxylic acids is 1. The van der Waals surface area contributed by atoms with Crippen LogP contribution in [-0.4, -0.2) is 81.6 Å². The number of hydrogen-bond donors (Lipinski definition) is 0. The molecule has 4 heterocycles. The predicted molar refractivity (Wildman–Crippen MR) is 174 cm³/mol. The molecule has 1 amide bonds. The van der Waals surface area contributed by atoms with E-state index in [1.54, 1.807) is 29.2 Å². The fraction of sp³-hybridized carbons (Fsp3) is 0.382. The summed E-state index contributed by atoms with van der Waals surface area (Å²) in [6.07, 6.45) is 3.34. The zero-order valence-electron chi connectivity index (χ0n) is 26.0. The second-order valence-electron chi connectivity index (χ2n) is 12.1. The van der Waals surface area contributed by atoms with E-state index in [-0.39, 0.29) is 59.7 Å². The third kappa shape index (κ3) is 6.17. The molecule has 0 aliphatic carbocycles. The van der Waals surface area contributed by atoms with Crippen LogP contribution >= 0.6 is 11.6 Å². The first kappa shape index (κ1) is 32.5. The van der Waals surface area contributed by atoms with Gasteiger partial charge in [-0.2, -0.15) is 15.2 Å². The smallest absolute Gasteiger partial charge is 0.319 e. The van der Waals surface area contributed by atoms with Gasteiger partial charge in [-0.25, -0.2) is 13.2 Å². The highest BCUT2D eigenvalue weighted by molar-refractivity contribution is 6.36. The van der Waals surface area contributed by atoms with Gasteiger partial charge >= 0.3 is 6.01 Å². The van der Waals surface area contributed by atoms with Gasteiger partial charge in [-0.05, 0) is 44.7 Å². The van der Waals surface area contributed by atoms with E-state index in [1.807, 2.05) is 0 Å². The summed E-state index contributed by atoms with van der Waals surface area (Å²) in [4.78, 5) is 31.6. The molecule has 6 rings (SSSR count). The minimum atomic E-state index is -1.11. The molecule has 2 aromatic carbocycles. The van der Waals surface area contributed by atoms with E-state index >= 15 is 4.39 Å². The van der Waals surface area contributed by atoms with Gasteiger partial charge in [0, 0.05) is 48.9 Å². The number of fused-ring (bicyclic) bond motifs is 2. The van der Waals surface area contributed by atoms with Crippen LogP contribution in [0.4, 0.5) is 19.0 Å². The molecular weight excluding hydrogens is 631 g/mol. The normalized spacial score (nSPS) is 18.7. The minimum absolute atomic E-state index is 0.0476. The van der Waals surface area contributed by atoms with Crippen molar-refractivity contribution < 1.29 is 22.7 Å². The van der Waals surface area contributed by atoms with Gasteiger partial charge in [0.2, 0.25) is 0 Å². The molecule has 2 aliphatic rings. The summed E-state index contributed by atoms with van der Waals surface area (Å²) in [6.45, 7) is 9.01. The Labute approximate surface area is 275 Å². The Morgan fingerprint density at radius 3 is 2.72 bits per heavy atom. The van der Waals surface area contributed by atoms with Crippen LogP contribution in [0.5, 0.6) is 6.01 Å². The molecule has 0 saturated carbocycles. The molecule has 2 aromatic heterocycles. The number of aromatic nitrogens is 3. The van der Waals surface area contributed by atoms with E-state index in [0.29, 0.717) is 34.8 Å². The van der Waals surface area contributed by atoms with Crippen LogP contribution in [0, 0.1) is 23.0 Å². The topological polar surface area (TPSA) is 98.5 Å². The van der Waals surface area contributed by atoms with Crippen LogP contribution in [0.25, 0.3) is 32.9 Å². The highest BCUT2D eigenvalue weighted by Gasteiger charge is 2.34. The van der Waals surface area contributed by atoms with Crippen molar-refractivity contribution in [2.75, 3.05) is 37.7 Å². The van der Waals surface area contributed by atoms with Crippen molar-refractivity contribution in [3.63, 3.8) is 0 Å². The maximum absolute atomic E-state index is 16.7. The maximum Gasteiger partial charge on any atom is 0.319 e. The van der Waals surface area contributed by atoms with Crippen molar-refractivity contribution >= 4 is 45.0 Å². The molecule has 4 aromatic rings. The third-order valence-corrected chi connectivity index (χ3v) is 9.30. The van der Waals surface area contributed by atoms with Crippen LogP contribution in [0.2, 0.25) is 5.02 Å². The summed E-state index contributed by atoms with van der Waals surface area (Å²) in [7, 11) is 0.